The topological polar surface area (TPSA) is 104 Å². The van der Waals surface area contributed by atoms with Gasteiger partial charge in [0.15, 0.2) is 0 Å². The van der Waals surface area contributed by atoms with Crippen LogP contribution >= 0.6 is 0 Å². The lowest BCUT2D eigenvalue weighted by atomic mass is 10.3. The number of carbonyl (C=O) groups is 3. The van der Waals surface area contributed by atoms with Gasteiger partial charge in [0.05, 0.1) is 0 Å². The Morgan fingerprint density at radius 3 is 2.20 bits per heavy atom. The molecule has 0 heterocycles. The zero-order chi connectivity index (χ0) is 15.3. The van der Waals surface area contributed by atoms with Crippen LogP contribution in [-0.2, 0) is 9.59 Å². The molecule has 0 aromatic heterocycles. The highest BCUT2D eigenvalue weighted by Crippen LogP contribution is 2.14. The number of nitrogens with two attached hydrogens (primary N) is 1. The largest absolute Gasteiger partial charge is 0.480 e. The number of urea groups is 1. The predicted octanol–water partition coefficient (Wildman–Crippen LogP) is 0.254. The summed E-state index contributed by atoms with van der Waals surface area (Å²) in [4.78, 5) is 35.5. The van der Waals surface area contributed by atoms with E-state index in [9.17, 15) is 18.8 Å². The van der Waals surface area contributed by atoms with Crippen molar-refractivity contribution in [2.24, 2.45) is 5.73 Å². The fourth-order valence-electron chi connectivity index (χ4n) is 1.53. The van der Waals surface area contributed by atoms with Crippen LogP contribution in [0.3, 0.4) is 0 Å². The lowest BCUT2D eigenvalue weighted by Gasteiger charge is -2.26. The van der Waals surface area contributed by atoms with Crippen molar-refractivity contribution in [3.8, 4) is 0 Å². The first-order valence-electron chi connectivity index (χ1n) is 5.59. The number of hydrogen-bond acceptors (Lipinski definition) is 3. The van der Waals surface area contributed by atoms with Crippen LogP contribution in [0.15, 0.2) is 24.3 Å². The van der Waals surface area contributed by atoms with Crippen molar-refractivity contribution in [2.75, 3.05) is 25.0 Å². The Hall–Kier alpha value is -2.64. The summed E-state index contributed by atoms with van der Waals surface area (Å²) >= 11 is 0. The quantitative estimate of drug-likeness (QED) is 0.808. The number of nitrogens with zero attached hydrogens (tertiary/aromatic N) is 2. The van der Waals surface area contributed by atoms with Crippen molar-refractivity contribution in [1.29, 1.82) is 0 Å². The van der Waals surface area contributed by atoms with Gasteiger partial charge in [0.25, 0.3) is 0 Å². The molecule has 0 unspecified atom stereocenters. The van der Waals surface area contributed by atoms with Gasteiger partial charge in [-0.3, -0.25) is 14.5 Å². The van der Waals surface area contributed by atoms with Crippen LogP contribution in [-0.4, -0.2) is 48.1 Å². The summed E-state index contributed by atoms with van der Waals surface area (Å²) in [5, 5.41) is 8.72. The van der Waals surface area contributed by atoms with E-state index in [1.54, 1.807) is 0 Å². The molecule has 0 saturated heterocycles. The average Bonchev–Trinajstić information content (AvgIpc) is 2.36. The molecule has 0 spiro atoms. The highest BCUT2D eigenvalue weighted by molar-refractivity contribution is 5.95. The molecule has 0 fully saturated rings. The van der Waals surface area contributed by atoms with Crippen LogP contribution in [0.2, 0.25) is 0 Å². The molecule has 0 saturated carbocycles. The molecule has 3 amide bonds. The summed E-state index contributed by atoms with van der Waals surface area (Å²) in [6, 6.07) is 4.31. The molecule has 1 aromatic rings. The second kappa shape index (κ2) is 6.50. The summed E-state index contributed by atoms with van der Waals surface area (Å²) in [6.45, 7) is -1.18. The van der Waals surface area contributed by atoms with Gasteiger partial charge in [-0.05, 0) is 24.3 Å². The number of carboxylic acids is 1. The number of amides is 3. The van der Waals surface area contributed by atoms with Crippen molar-refractivity contribution in [2.45, 2.75) is 0 Å². The third-order valence-corrected chi connectivity index (χ3v) is 2.44. The predicted molar refractivity (Wildman–Crippen MR) is 68.6 cm³/mol. The maximum atomic E-state index is 12.8. The molecule has 1 rings (SSSR count). The van der Waals surface area contributed by atoms with E-state index in [0.29, 0.717) is 5.69 Å². The van der Waals surface area contributed by atoms with Gasteiger partial charge in [-0.25, -0.2) is 9.18 Å². The SMILES string of the molecule is CN(C(=O)N(CC(N)=O)CC(=O)O)c1ccc(F)cc1. The van der Waals surface area contributed by atoms with E-state index < -0.39 is 36.8 Å². The standard InChI is InChI=1S/C12H14FN3O4/c1-15(9-4-2-8(13)3-5-9)12(20)16(6-10(14)17)7-11(18)19/h2-5H,6-7H2,1H3,(H2,14,17)(H,18,19). The number of hydrogen-bond donors (Lipinski definition) is 2. The van der Waals surface area contributed by atoms with Gasteiger partial charge in [0.2, 0.25) is 5.91 Å². The van der Waals surface area contributed by atoms with Gasteiger partial charge in [0.1, 0.15) is 18.9 Å². The van der Waals surface area contributed by atoms with Crippen LogP contribution in [0.25, 0.3) is 0 Å². The molecular formula is C12H14FN3O4. The smallest absolute Gasteiger partial charge is 0.325 e. The molecular weight excluding hydrogens is 269 g/mol. The molecule has 0 radical (unpaired) electrons. The Morgan fingerprint density at radius 1 is 1.20 bits per heavy atom. The zero-order valence-corrected chi connectivity index (χ0v) is 10.7. The van der Waals surface area contributed by atoms with E-state index in [4.69, 9.17) is 10.8 Å². The lowest BCUT2D eigenvalue weighted by Crippen LogP contribution is -2.47. The molecule has 7 nitrogen and oxygen atoms in total. The minimum Gasteiger partial charge on any atom is -0.480 e. The minimum absolute atomic E-state index is 0.358. The van der Waals surface area contributed by atoms with Crippen LogP contribution in [0.5, 0.6) is 0 Å². The van der Waals surface area contributed by atoms with E-state index in [0.717, 1.165) is 21.9 Å². The van der Waals surface area contributed by atoms with Crippen molar-refractivity contribution in [1.82, 2.24) is 4.90 Å². The highest BCUT2D eigenvalue weighted by atomic mass is 19.1. The molecule has 1 aromatic carbocycles. The van der Waals surface area contributed by atoms with E-state index in [2.05, 4.69) is 0 Å². The van der Waals surface area contributed by atoms with Crippen LogP contribution in [0.1, 0.15) is 0 Å². The summed E-state index contributed by atoms with van der Waals surface area (Å²) in [5.74, 6) is -2.56. The minimum atomic E-state index is -1.27. The van der Waals surface area contributed by atoms with Gasteiger partial charge >= 0.3 is 12.0 Å². The molecule has 8 heteroatoms. The molecule has 20 heavy (non-hydrogen) atoms. The number of aliphatic carboxylic acids is 1. The van der Waals surface area contributed by atoms with Gasteiger partial charge in [-0.2, -0.15) is 0 Å². The molecule has 0 aliphatic heterocycles. The van der Waals surface area contributed by atoms with Crippen molar-refractivity contribution in [3.05, 3.63) is 30.1 Å². The zero-order valence-electron chi connectivity index (χ0n) is 10.7. The Morgan fingerprint density at radius 2 is 1.75 bits per heavy atom. The fraction of sp³-hybridized carbons (Fsp3) is 0.250. The Kier molecular flexibility index (Phi) is 5.01. The van der Waals surface area contributed by atoms with Crippen molar-refractivity contribution in [3.63, 3.8) is 0 Å². The second-order valence-corrected chi connectivity index (χ2v) is 4.03. The van der Waals surface area contributed by atoms with Gasteiger partial charge in [-0.1, -0.05) is 0 Å². The first kappa shape index (κ1) is 15.4. The van der Waals surface area contributed by atoms with Crippen molar-refractivity contribution < 1.29 is 23.9 Å². The number of rotatable bonds is 5. The van der Waals surface area contributed by atoms with E-state index in [1.807, 2.05) is 0 Å². The number of anilines is 1. The molecule has 0 aliphatic rings. The first-order valence-corrected chi connectivity index (χ1v) is 5.59. The van der Waals surface area contributed by atoms with E-state index in [-0.39, 0.29) is 0 Å². The molecule has 3 N–H and O–H groups in total. The summed E-state index contributed by atoms with van der Waals surface area (Å²) in [5.41, 5.74) is 5.33. The number of benzene rings is 1. The Labute approximate surface area is 114 Å². The number of halogens is 1. The van der Waals surface area contributed by atoms with E-state index >= 15 is 0 Å². The third-order valence-electron chi connectivity index (χ3n) is 2.44. The fourth-order valence-corrected chi connectivity index (χ4v) is 1.53. The maximum Gasteiger partial charge on any atom is 0.325 e. The Bertz CT molecular complexity index is 502. The maximum absolute atomic E-state index is 12.8. The highest BCUT2D eigenvalue weighted by Gasteiger charge is 2.22. The number of carbonyl (C=O) groups excluding carboxylic acids is 2. The molecule has 0 bridgehead atoms. The number of primary amides is 1. The monoisotopic (exact) mass is 283 g/mol. The molecule has 0 aliphatic carbocycles. The second-order valence-electron chi connectivity index (χ2n) is 4.03. The average molecular weight is 283 g/mol. The van der Waals surface area contributed by atoms with Gasteiger partial charge in [-0.15, -0.1) is 0 Å². The van der Waals surface area contributed by atoms with Gasteiger partial charge < -0.3 is 15.7 Å². The Balaban J connectivity index is 2.89. The van der Waals surface area contributed by atoms with E-state index in [1.165, 1.54) is 19.2 Å². The van der Waals surface area contributed by atoms with Crippen LogP contribution < -0.4 is 10.6 Å². The molecule has 108 valence electrons. The van der Waals surface area contributed by atoms with Gasteiger partial charge in [0, 0.05) is 12.7 Å². The summed E-state index contributed by atoms with van der Waals surface area (Å²) < 4.78 is 12.8. The third kappa shape index (κ3) is 4.23. The normalized spacial score (nSPS) is 9.90. The summed E-state index contributed by atoms with van der Waals surface area (Å²) in [6.07, 6.45) is 0. The first-order chi connectivity index (χ1) is 9.31. The summed E-state index contributed by atoms with van der Waals surface area (Å²) in [7, 11) is 1.38. The van der Waals surface area contributed by atoms with Crippen LogP contribution in [0.4, 0.5) is 14.9 Å². The number of carboxylic acid groups (broad SMARTS) is 1. The van der Waals surface area contributed by atoms with Crippen LogP contribution in [0, 0.1) is 5.82 Å². The van der Waals surface area contributed by atoms with Crippen molar-refractivity contribution >= 4 is 23.6 Å². The molecule has 0 atom stereocenters. The lowest BCUT2D eigenvalue weighted by molar-refractivity contribution is -0.137.